The zero-order chi connectivity index (χ0) is 26.4. The van der Waals surface area contributed by atoms with Gasteiger partial charge in [-0.25, -0.2) is 4.99 Å². The van der Waals surface area contributed by atoms with Crippen molar-refractivity contribution in [1.82, 2.24) is 5.32 Å². The Labute approximate surface area is 225 Å². The summed E-state index contributed by atoms with van der Waals surface area (Å²) in [4.78, 5) is 30.9. The summed E-state index contributed by atoms with van der Waals surface area (Å²) in [5.74, 6) is 0.170. The van der Waals surface area contributed by atoms with Crippen LogP contribution in [0.5, 0.6) is 5.75 Å². The number of carbonyl (C=O) groups excluding carboxylic acids is 2. The Hall–Kier alpha value is -3.75. The van der Waals surface area contributed by atoms with E-state index in [0.29, 0.717) is 24.2 Å². The number of hydrogen-bond donors (Lipinski definition) is 3. The highest BCUT2D eigenvalue weighted by molar-refractivity contribution is 6.39. The molecule has 0 radical (unpaired) electrons. The standard InChI is InChI=1S/C27H27Cl2N5O3/c1-17(35)32-25-22(28)12-18(13-23(25)29)15-31-27(30)33-26(36)24-14-21(37-20-10-6-3-7-11-20)16-34(24)19-8-4-2-5-9-19/h2-13,21,24H,14-16H2,1H3,(H,32,35)(H3,30,31,33,36)/t21-,24-/m0/s1. The van der Waals surface area contributed by atoms with Gasteiger partial charge in [-0.2, -0.15) is 0 Å². The van der Waals surface area contributed by atoms with Crippen LogP contribution in [0.25, 0.3) is 0 Å². The summed E-state index contributed by atoms with van der Waals surface area (Å²) >= 11 is 12.5. The average molecular weight is 540 g/mol. The highest BCUT2D eigenvalue weighted by Crippen LogP contribution is 2.32. The van der Waals surface area contributed by atoms with Crippen molar-refractivity contribution in [1.29, 1.82) is 0 Å². The second-order valence-electron chi connectivity index (χ2n) is 8.60. The molecule has 10 heteroatoms. The van der Waals surface area contributed by atoms with Gasteiger partial charge in [0.2, 0.25) is 11.8 Å². The summed E-state index contributed by atoms with van der Waals surface area (Å²) in [7, 11) is 0. The fourth-order valence-corrected chi connectivity index (χ4v) is 4.79. The van der Waals surface area contributed by atoms with Crippen molar-refractivity contribution in [2.45, 2.75) is 32.0 Å². The fraction of sp³-hybridized carbons (Fsp3) is 0.222. The number of amides is 2. The van der Waals surface area contributed by atoms with Crippen molar-refractivity contribution in [2.75, 3.05) is 16.8 Å². The van der Waals surface area contributed by atoms with Crippen LogP contribution in [0.4, 0.5) is 11.4 Å². The molecule has 0 aliphatic carbocycles. The lowest BCUT2D eigenvalue weighted by atomic mass is 10.1. The van der Waals surface area contributed by atoms with Crippen molar-refractivity contribution in [3.8, 4) is 5.75 Å². The third-order valence-electron chi connectivity index (χ3n) is 5.79. The molecule has 0 saturated carbocycles. The molecular weight excluding hydrogens is 513 g/mol. The van der Waals surface area contributed by atoms with Crippen molar-refractivity contribution >= 4 is 52.4 Å². The average Bonchev–Trinajstić information content (AvgIpc) is 3.30. The number of para-hydroxylation sites is 2. The van der Waals surface area contributed by atoms with Gasteiger partial charge in [-0.3, -0.25) is 14.9 Å². The summed E-state index contributed by atoms with van der Waals surface area (Å²) in [6.07, 6.45) is 0.307. The maximum atomic E-state index is 13.3. The second kappa shape index (κ2) is 12.0. The van der Waals surface area contributed by atoms with Crippen LogP contribution in [0.2, 0.25) is 10.0 Å². The van der Waals surface area contributed by atoms with Gasteiger partial charge >= 0.3 is 0 Å². The van der Waals surface area contributed by atoms with E-state index in [0.717, 1.165) is 11.4 Å². The molecule has 1 aliphatic rings. The molecule has 0 bridgehead atoms. The first-order valence-corrected chi connectivity index (χ1v) is 12.5. The minimum atomic E-state index is -0.495. The summed E-state index contributed by atoms with van der Waals surface area (Å²) < 4.78 is 6.14. The Balaban J connectivity index is 1.44. The number of carbonyl (C=O) groups is 2. The van der Waals surface area contributed by atoms with Gasteiger partial charge in [-0.05, 0) is 42.0 Å². The number of hydrogen-bond acceptors (Lipinski definition) is 5. The van der Waals surface area contributed by atoms with Crippen molar-refractivity contribution in [3.05, 3.63) is 88.4 Å². The number of nitrogens with zero attached hydrogens (tertiary/aromatic N) is 2. The van der Waals surface area contributed by atoms with Crippen molar-refractivity contribution in [3.63, 3.8) is 0 Å². The largest absolute Gasteiger partial charge is 0.488 e. The lowest BCUT2D eigenvalue weighted by Gasteiger charge is -2.25. The normalized spacial score (nSPS) is 17.4. The van der Waals surface area contributed by atoms with E-state index >= 15 is 0 Å². The summed E-state index contributed by atoms with van der Waals surface area (Å²) in [5.41, 5.74) is 7.97. The first-order valence-electron chi connectivity index (χ1n) is 11.7. The Bertz CT molecular complexity index is 1260. The number of aliphatic imine (C=N–C) groups is 1. The van der Waals surface area contributed by atoms with E-state index in [1.807, 2.05) is 65.6 Å². The molecule has 37 heavy (non-hydrogen) atoms. The zero-order valence-corrected chi connectivity index (χ0v) is 21.7. The molecule has 0 spiro atoms. The highest BCUT2D eigenvalue weighted by atomic mass is 35.5. The summed E-state index contributed by atoms with van der Waals surface area (Å²) in [5, 5.41) is 5.87. The second-order valence-corrected chi connectivity index (χ2v) is 9.41. The van der Waals surface area contributed by atoms with Gasteiger partial charge < -0.3 is 20.7 Å². The zero-order valence-electron chi connectivity index (χ0n) is 20.2. The molecule has 2 amide bonds. The molecule has 2 atom stereocenters. The first-order chi connectivity index (χ1) is 17.8. The summed E-state index contributed by atoms with van der Waals surface area (Å²) in [6.45, 7) is 2.05. The predicted molar refractivity (Wildman–Crippen MR) is 147 cm³/mol. The highest BCUT2D eigenvalue weighted by Gasteiger charge is 2.38. The molecule has 0 unspecified atom stereocenters. The molecule has 1 saturated heterocycles. The topological polar surface area (TPSA) is 109 Å². The molecule has 4 N–H and O–H groups in total. The van der Waals surface area contributed by atoms with Gasteiger partial charge in [0.05, 0.1) is 28.8 Å². The monoisotopic (exact) mass is 539 g/mol. The lowest BCUT2D eigenvalue weighted by Crippen LogP contribution is -2.48. The molecule has 3 aromatic rings. The van der Waals surface area contributed by atoms with Crippen LogP contribution in [0.15, 0.2) is 77.8 Å². The van der Waals surface area contributed by atoms with Gasteiger partial charge in [0.25, 0.3) is 0 Å². The van der Waals surface area contributed by atoms with Crippen LogP contribution in [0.3, 0.4) is 0 Å². The van der Waals surface area contributed by atoms with E-state index in [-0.39, 0.29) is 40.5 Å². The number of anilines is 2. The van der Waals surface area contributed by atoms with Crippen LogP contribution >= 0.6 is 23.2 Å². The SMILES string of the molecule is CC(=O)Nc1c(Cl)cc(CN=C(N)NC(=O)[C@@H]2C[C@H](Oc3ccccc3)CN2c2ccccc2)cc1Cl. The summed E-state index contributed by atoms with van der Waals surface area (Å²) in [6, 6.07) is 22.0. The number of benzene rings is 3. The van der Waals surface area contributed by atoms with E-state index < -0.39 is 6.04 Å². The fourth-order valence-electron chi connectivity index (χ4n) is 4.17. The predicted octanol–water partition coefficient (Wildman–Crippen LogP) is 4.61. The maximum absolute atomic E-state index is 13.3. The van der Waals surface area contributed by atoms with Crippen LogP contribution < -0.4 is 26.0 Å². The molecule has 1 heterocycles. The number of nitrogens with one attached hydrogen (secondary N) is 2. The number of halogens is 2. The van der Waals surface area contributed by atoms with Gasteiger partial charge in [-0.1, -0.05) is 59.6 Å². The molecule has 1 fully saturated rings. The third kappa shape index (κ3) is 6.93. The number of guanidine groups is 1. The Morgan fingerprint density at radius 3 is 2.30 bits per heavy atom. The van der Waals surface area contributed by atoms with E-state index in [1.54, 1.807) is 12.1 Å². The van der Waals surface area contributed by atoms with E-state index in [4.69, 9.17) is 33.7 Å². The van der Waals surface area contributed by atoms with Crippen LogP contribution in [0.1, 0.15) is 18.9 Å². The molecule has 4 rings (SSSR count). The Morgan fingerprint density at radius 2 is 1.68 bits per heavy atom. The molecule has 192 valence electrons. The Morgan fingerprint density at radius 1 is 1.05 bits per heavy atom. The van der Waals surface area contributed by atoms with Crippen LogP contribution in [-0.2, 0) is 16.1 Å². The first kappa shape index (κ1) is 26.3. The van der Waals surface area contributed by atoms with Crippen LogP contribution in [-0.4, -0.2) is 36.5 Å². The van der Waals surface area contributed by atoms with E-state index in [2.05, 4.69) is 15.6 Å². The van der Waals surface area contributed by atoms with Crippen molar-refractivity contribution < 1.29 is 14.3 Å². The number of rotatable bonds is 7. The molecule has 1 aliphatic heterocycles. The minimum absolute atomic E-state index is 0.0244. The van der Waals surface area contributed by atoms with Crippen LogP contribution in [0, 0.1) is 0 Å². The third-order valence-corrected chi connectivity index (χ3v) is 6.38. The smallest absolute Gasteiger partial charge is 0.249 e. The minimum Gasteiger partial charge on any atom is -0.488 e. The number of ether oxygens (including phenoxy) is 1. The van der Waals surface area contributed by atoms with Gasteiger partial charge in [0, 0.05) is 19.0 Å². The van der Waals surface area contributed by atoms with Gasteiger partial charge in [-0.15, -0.1) is 0 Å². The maximum Gasteiger partial charge on any atom is 0.249 e. The van der Waals surface area contributed by atoms with E-state index in [9.17, 15) is 9.59 Å². The molecular formula is C27H27Cl2N5O3. The van der Waals surface area contributed by atoms with Crippen molar-refractivity contribution in [2.24, 2.45) is 10.7 Å². The Kier molecular flexibility index (Phi) is 8.53. The molecule has 0 aromatic heterocycles. The van der Waals surface area contributed by atoms with E-state index in [1.165, 1.54) is 6.92 Å². The lowest BCUT2D eigenvalue weighted by molar-refractivity contribution is -0.121. The van der Waals surface area contributed by atoms with Gasteiger partial charge in [0.1, 0.15) is 17.9 Å². The van der Waals surface area contributed by atoms with Gasteiger partial charge in [0.15, 0.2) is 5.96 Å². The number of nitrogens with two attached hydrogens (primary N) is 1. The molecule has 8 nitrogen and oxygen atoms in total. The quantitative estimate of drug-likeness (QED) is 0.300. The molecule has 3 aromatic carbocycles.